The molecule has 1 unspecified atom stereocenters. The molecule has 1 aliphatic rings. The molecule has 0 spiro atoms. The molecule has 0 saturated heterocycles. The number of carbonyl (C=O) groups is 2. The number of rotatable bonds is 6. The zero-order valence-electron chi connectivity index (χ0n) is 16.7. The van der Waals surface area contributed by atoms with Crippen molar-refractivity contribution in [1.82, 2.24) is 9.80 Å². The summed E-state index contributed by atoms with van der Waals surface area (Å²) < 4.78 is 0. The number of ketones is 1. The SMILES string of the molecule is Cc1ccccc1C1C(C(=O)C(C)(C)C)=C(O)C(=O)N1CCCN(C)C. The van der Waals surface area contributed by atoms with Crippen LogP contribution in [0, 0.1) is 12.3 Å². The van der Waals surface area contributed by atoms with E-state index in [1.807, 2.05) is 66.1 Å². The fourth-order valence-electron chi connectivity index (χ4n) is 3.29. The predicted molar refractivity (Wildman–Crippen MR) is 103 cm³/mol. The van der Waals surface area contributed by atoms with Gasteiger partial charge in [-0.3, -0.25) is 9.59 Å². The Morgan fingerprint density at radius 3 is 2.38 bits per heavy atom. The number of Topliss-reactive ketones (excluding diaryl/α,β-unsaturated/α-hetero) is 1. The minimum atomic E-state index is -0.676. The zero-order chi connectivity index (χ0) is 19.6. The lowest BCUT2D eigenvalue weighted by Crippen LogP contribution is -2.35. The Balaban J connectivity index is 2.49. The molecule has 0 radical (unpaired) electrons. The maximum Gasteiger partial charge on any atom is 0.290 e. The van der Waals surface area contributed by atoms with Gasteiger partial charge in [-0.05, 0) is 45.1 Å². The molecule has 1 amide bonds. The number of aliphatic hydroxyl groups excluding tert-OH is 1. The molecular formula is C21H30N2O3. The lowest BCUT2D eigenvalue weighted by molar-refractivity contribution is -0.129. The van der Waals surface area contributed by atoms with Crippen molar-refractivity contribution in [2.45, 2.75) is 40.2 Å². The Morgan fingerprint density at radius 1 is 1.23 bits per heavy atom. The number of aliphatic hydroxyl groups is 1. The Kier molecular flexibility index (Phi) is 5.91. The summed E-state index contributed by atoms with van der Waals surface area (Å²) in [5, 5.41) is 10.5. The number of aryl methyl sites for hydroxylation is 1. The molecule has 5 heteroatoms. The van der Waals surface area contributed by atoms with E-state index in [9.17, 15) is 14.7 Å². The Bertz CT molecular complexity index is 729. The number of amides is 1. The molecule has 1 heterocycles. The van der Waals surface area contributed by atoms with Crippen LogP contribution in [0.2, 0.25) is 0 Å². The van der Waals surface area contributed by atoms with Crippen LogP contribution in [0.5, 0.6) is 0 Å². The lowest BCUT2D eigenvalue weighted by atomic mass is 9.81. The summed E-state index contributed by atoms with van der Waals surface area (Å²) >= 11 is 0. The van der Waals surface area contributed by atoms with Gasteiger partial charge in [0.15, 0.2) is 11.5 Å². The number of benzene rings is 1. The van der Waals surface area contributed by atoms with Gasteiger partial charge >= 0.3 is 0 Å². The monoisotopic (exact) mass is 358 g/mol. The third kappa shape index (κ3) is 3.98. The largest absolute Gasteiger partial charge is 0.503 e. The Labute approximate surface area is 156 Å². The van der Waals surface area contributed by atoms with Crippen LogP contribution in [0.15, 0.2) is 35.6 Å². The van der Waals surface area contributed by atoms with Crippen molar-refractivity contribution in [1.29, 1.82) is 0 Å². The molecule has 1 N–H and O–H groups in total. The van der Waals surface area contributed by atoms with E-state index in [1.165, 1.54) is 0 Å². The molecule has 1 aliphatic heterocycles. The lowest BCUT2D eigenvalue weighted by Gasteiger charge is -2.30. The summed E-state index contributed by atoms with van der Waals surface area (Å²) in [4.78, 5) is 29.5. The van der Waals surface area contributed by atoms with Crippen molar-refractivity contribution in [2.24, 2.45) is 5.41 Å². The van der Waals surface area contributed by atoms with Crippen LogP contribution < -0.4 is 0 Å². The molecule has 0 aromatic heterocycles. The van der Waals surface area contributed by atoms with Gasteiger partial charge in [0.2, 0.25) is 0 Å². The molecule has 0 bridgehead atoms. The number of nitrogens with zero attached hydrogens (tertiary/aromatic N) is 2. The molecule has 1 aromatic carbocycles. The first-order valence-electron chi connectivity index (χ1n) is 9.05. The van der Waals surface area contributed by atoms with E-state index in [-0.39, 0.29) is 11.4 Å². The first-order chi connectivity index (χ1) is 12.1. The minimum absolute atomic E-state index is 0.188. The van der Waals surface area contributed by atoms with Crippen molar-refractivity contribution in [2.75, 3.05) is 27.2 Å². The smallest absolute Gasteiger partial charge is 0.290 e. The van der Waals surface area contributed by atoms with Crippen LogP contribution in [-0.4, -0.2) is 53.8 Å². The molecule has 0 aliphatic carbocycles. The number of carbonyl (C=O) groups excluding carboxylic acids is 2. The Hall–Kier alpha value is -2.14. The van der Waals surface area contributed by atoms with Crippen molar-refractivity contribution in [3.05, 3.63) is 46.7 Å². The summed E-state index contributed by atoms with van der Waals surface area (Å²) in [6, 6.07) is 7.20. The summed E-state index contributed by atoms with van der Waals surface area (Å²) in [6.07, 6.45) is 0.769. The highest BCUT2D eigenvalue weighted by Crippen LogP contribution is 2.41. The maximum absolute atomic E-state index is 13.0. The predicted octanol–water partition coefficient (Wildman–Crippen LogP) is 3.26. The van der Waals surface area contributed by atoms with Crippen LogP contribution in [0.1, 0.15) is 44.4 Å². The summed E-state index contributed by atoms with van der Waals surface area (Å²) in [6.45, 7) is 8.71. The Morgan fingerprint density at radius 2 is 1.85 bits per heavy atom. The van der Waals surface area contributed by atoms with Gasteiger partial charge in [-0.1, -0.05) is 45.0 Å². The molecular weight excluding hydrogens is 328 g/mol. The third-order valence-corrected chi connectivity index (χ3v) is 4.72. The molecule has 0 saturated carbocycles. The van der Waals surface area contributed by atoms with E-state index in [1.54, 1.807) is 4.90 Å². The van der Waals surface area contributed by atoms with Gasteiger partial charge in [-0.15, -0.1) is 0 Å². The summed E-state index contributed by atoms with van der Waals surface area (Å²) in [7, 11) is 3.96. The highest BCUT2D eigenvalue weighted by atomic mass is 16.3. The van der Waals surface area contributed by atoms with Crippen molar-refractivity contribution < 1.29 is 14.7 Å². The zero-order valence-corrected chi connectivity index (χ0v) is 16.7. The molecule has 2 rings (SSSR count). The maximum atomic E-state index is 13.0. The van der Waals surface area contributed by atoms with Crippen LogP contribution in [0.4, 0.5) is 0 Å². The molecule has 1 atom stereocenters. The highest BCUT2D eigenvalue weighted by molar-refractivity contribution is 6.10. The van der Waals surface area contributed by atoms with Gasteiger partial charge in [0.1, 0.15) is 0 Å². The first kappa shape index (κ1) is 20.2. The topological polar surface area (TPSA) is 60.9 Å². The van der Waals surface area contributed by atoms with E-state index in [2.05, 4.69) is 4.90 Å². The summed E-state index contributed by atoms with van der Waals surface area (Å²) in [5.74, 6) is -1.04. The molecule has 26 heavy (non-hydrogen) atoms. The van der Waals surface area contributed by atoms with Gasteiger partial charge < -0.3 is 14.9 Å². The molecule has 142 valence electrons. The van der Waals surface area contributed by atoms with Crippen LogP contribution in [-0.2, 0) is 9.59 Å². The second-order valence-electron chi connectivity index (χ2n) is 8.26. The van der Waals surface area contributed by atoms with Gasteiger partial charge in [0, 0.05) is 12.0 Å². The second-order valence-corrected chi connectivity index (χ2v) is 8.26. The highest BCUT2D eigenvalue weighted by Gasteiger charge is 2.45. The average molecular weight is 358 g/mol. The van der Waals surface area contributed by atoms with Gasteiger partial charge in [0.05, 0.1) is 11.6 Å². The average Bonchev–Trinajstić information content (AvgIpc) is 2.78. The standard InChI is InChI=1S/C21H30N2O3/c1-14-10-7-8-11-15(14)17-16(19(25)21(2,3)4)18(24)20(26)23(17)13-9-12-22(5)6/h7-8,10-11,17,24H,9,12-13H2,1-6H3. The van der Waals surface area contributed by atoms with Crippen molar-refractivity contribution >= 4 is 11.7 Å². The van der Waals surface area contributed by atoms with E-state index < -0.39 is 23.1 Å². The van der Waals surface area contributed by atoms with Crippen LogP contribution >= 0.6 is 0 Å². The number of hydrogen-bond acceptors (Lipinski definition) is 4. The van der Waals surface area contributed by atoms with Crippen LogP contribution in [0.25, 0.3) is 0 Å². The van der Waals surface area contributed by atoms with E-state index in [0.717, 1.165) is 24.1 Å². The van der Waals surface area contributed by atoms with Gasteiger partial charge in [0.25, 0.3) is 5.91 Å². The van der Waals surface area contributed by atoms with Crippen molar-refractivity contribution in [3.63, 3.8) is 0 Å². The van der Waals surface area contributed by atoms with Crippen LogP contribution in [0.3, 0.4) is 0 Å². The fraction of sp³-hybridized carbons (Fsp3) is 0.524. The minimum Gasteiger partial charge on any atom is -0.503 e. The van der Waals surface area contributed by atoms with E-state index in [0.29, 0.717) is 6.54 Å². The van der Waals surface area contributed by atoms with Gasteiger partial charge in [-0.25, -0.2) is 0 Å². The normalized spacial score (nSPS) is 18.2. The molecule has 1 aromatic rings. The third-order valence-electron chi connectivity index (χ3n) is 4.72. The quantitative estimate of drug-likeness (QED) is 0.848. The van der Waals surface area contributed by atoms with E-state index >= 15 is 0 Å². The molecule has 5 nitrogen and oxygen atoms in total. The second kappa shape index (κ2) is 7.62. The van der Waals surface area contributed by atoms with E-state index in [4.69, 9.17) is 0 Å². The van der Waals surface area contributed by atoms with Gasteiger partial charge in [-0.2, -0.15) is 0 Å². The fourth-order valence-corrected chi connectivity index (χ4v) is 3.29. The first-order valence-corrected chi connectivity index (χ1v) is 9.05. The van der Waals surface area contributed by atoms with Crippen molar-refractivity contribution in [3.8, 4) is 0 Å². The number of hydrogen-bond donors (Lipinski definition) is 1. The summed E-state index contributed by atoms with van der Waals surface area (Å²) in [5.41, 5.74) is 1.44. The molecule has 0 fully saturated rings.